The van der Waals surface area contributed by atoms with Crippen molar-refractivity contribution >= 4 is 11.7 Å². The summed E-state index contributed by atoms with van der Waals surface area (Å²) >= 11 is 0. The molecule has 0 atom stereocenters. The van der Waals surface area contributed by atoms with E-state index in [0.29, 0.717) is 0 Å². The van der Waals surface area contributed by atoms with Crippen LogP contribution >= 0.6 is 0 Å². The Labute approximate surface area is 112 Å². The number of carboxylic acid groups (broad SMARTS) is 1. The third-order valence-electron chi connectivity index (χ3n) is 2.43. The molecule has 0 aromatic heterocycles. The van der Waals surface area contributed by atoms with Gasteiger partial charge in [0.1, 0.15) is 22.9 Å². The standard InChI is InChI=1S/C13H8FNO5/c14-8-2-1-3-9(6-8)20-10-4-5-11(13(16)17)12(7-10)15(18)19/h1-7H,(H,16,17). The first kappa shape index (κ1) is 13.5. The minimum Gasteiger partial charge on any atom is -0.477 e. The van der Waals surface area contributed by atoms with E-state index >= 15 is 0 Å². The summed E-state index contributed by atoms with van der Waals surface area (Å²) < 4.78 is 18.2. The van der Waals surface area contributed by atoms with Crippen molar-refractivity contribution in [1.29, 1.82) is 0 Å². The second-order valence-electron chi connectivity index (χ2n) is 3.80. The number of aromatic carboxylic acids is 1. The summed E-state index contributed by atoms with van der Waals surface area (Å²) in [6.07, 6.45) is 0. The van der Waals surface area contributed by atoms with Gasteiger partial charge in [-0.25, -0.2) is 9.18 Å². The van der Waals surface area contributed by atoms with Gasteiger partial charge in [-0.3, -0.25) is 10.1 Å². The molecule has 6 nitrogen and oxygen atoms in total. The van der Waals surface area contributed by atoms with Crippen LogP contribution in [0, 0.1) is 15.9 Å². The molecule has 2 aromatic rings. The molecule has 0 bridgehead atoms. The Kier molecular flexibility index (Phi) is 3.60. The highest BCUT2D eigenvalue weighted by Crippen LogP contribution is 2.28. The van der Waals surface area contributed by atoms with Crippen LogP contribution in [0.2, 0.25) is 0 Å². The molecule has 0 aliphatic heterocycles. The lowest BCUT2D eigenvalue weighted by molar-refractivity contribution is -0.385. The lowest BCUT2D eigenvalue weighted by Gasteiger charge is -2.06. The summed E-state index contributed by atoms with van der Waals surface area (Å²) in [5.41, 5.74) is -1.03. The summed E-state index contributed by atoms with van der Waals surface area (Å²) in [6.45, 7) is 0. The molecule has 2 rings (SSSR count). The highest BCUT2D eigenvalue weighted by Gasteiger charge is 2.20. The summed E-state index contributed by atoms with van der Waals surface area (Å²) in [5, 5.41) is 19.6. The number of hydrogen-bond acceptors (Lipinski definition) is 4. The Morgan fingerprint density at radius 2 is 1.90 bits per heavy atom. The van der Waals surface area contributed by atoms with Crippen LogP contribution in [-0.4, -0.2) is 16.0 Å². The van der Waals surface area contributed by atoms with Crippen molar-refractivity contribution in [2.45, 2.75) is 0 Å². The maximum absolute atomic E-state index is 13.0. The fraction of sp³-hybridized carbons (Fsp3) is 0. The van der Waals surface area contributed by atoms with Crippen LogP contribution < -0.4 is 4.74 Å². The van der Waals surface area contributed by atoms with Gasteiger partial charge in [0.05, 0.1) is 11.0 Å². The van der Waals surface area contributed by atoms with E-state index in [0.717, 1.165) is 18.2 Å². The third-order valence-corrected chi connectivity index (χ3v) is 2.43. The topological polar surface area (TPSA) is 89.7 Å². The first-order valence-corrected chi connectivity index (χ1v) is 5.42. The molecule has 102 valence electrons. The highest BCUT2D eigenvalue weighted by atomic mass is 19.1. The summed E-state index contributed by atoms with van der Waals surface area (Å²) in [7, 11) is 0. The van der Waals surface area contributed by atoms with Crippen molar-refractivity contribution in [3.63, 3.8) is 0 Å². The van der Waals surface area contributed by atoms with E-state index in [4.69, 9.17) is 9.84 Å². The number of nitro benzene ring substituents is 1. The van der Waals surface area contributed by atoms with Crippen molar-refractivity contribution in [2.75, 3.05) is 0 Å². The molecule has 0 aliphatic rings. The lowest BCUT2D eigenvalue weighted by Crippen LogP contribution is -2.02. The molecule has 0 radical (unpaired) electrons. The number of halogens is 1. The van der Waals surface area contributed by atoms with E-state index in [1.54, 1.807) is 0 Å². The molecule has 0 aliphatic carbocycles. The number of nitro groups is 1. The number of carbonyl (C=O) groups is 1. The molecule has 0 unspecified atom stereocenters. The van der Waals surface area contributed by atoms with E-state index in [-0.39, 0.29) is 11.5 Å². The smallest absolute Gasteiger partial charge is 0.342 e. The van der Waals surface area contributed by atoms with Gasteiger partial charge >= 0.3 is 5.97 Å². The first-order valence-electron chi connectivity index (χ1n) is 5.42. The van der Waals surface area contributed by atoms with Gasteiger partial charge in [-0.2, -0.15) is 0 Å². The summed E-state index contributed by atoms with van der Waals surface area (Å²) in [5.74, 6) is -1.72. The van der Waals surface area contributed by atoms with E-state index in [2.05, 4.69) is 0 Å². The Morgan fingerprint density at radius 1 is 1.20 bits per heavy atom. The Balaban J connectivity index is 2.36. The molecule has 1 N–H and O–H groups in total. The van der Waals surface area contributed by atoms with E-state index in [1.807, 2.05) is 0 Å². The van der Waals surface area contributed by atoms with Crippen molar-refractivity contribution in [1.82, 2.24) is 0 Å². The monoisotopic (exact) mass is 277 g/mol. The van der Waals surface area contributed by atoms with Crippen LogP contribution in [0.1, 0.15) is 10.4 Å². The summed E-state index contributed by atoms with van der Waals surface area (Å²) in [6, 6.07) is 8.54. The van der Waals surface area contributed by atoms with Crippen LogP contribution in [0.25, 0.3) is 0 Å². The van der Waals surface area contributed by atoms with Crippen LogP contribution in [0.5, 0.6) is 11.5 Å². The van der Waals surface area contributed by atoms with Crippen LogP contribution in [0.4, 0.5) is 10.1 Å². The number of benzene rings is 2. The Bertz CT molecular complexity index is 686. The average Bonchev–Trinajstić information content (AvgIpc) is 2.38. The zero-order valence-electron chi connectivity index (χ0n) is 9.95. The SMILES string of the molecule is O=C(O)c1ccc(Oc2cccc(F)c2)cc1[N+](=O)[O-]. The molecule has 7 heteroatoms. The maximum Gasteiger partial charge on any atom is 0.342 e. The molecule has 0 fully saturated rings. The predicted octanol–water partition coefficient (Wildman–Crippen LogP) is 3.22. The van der Waals surface area contributed by atoms with Crippen molar-refractivity contribution in [3.8, 4) is 11.5 Å². The number of nitrogens with zero attached hydrogens (tertiary/aromatic N) is 1. The van der Waals surface area contributed by atoms with E-state index in [1.165, 1.54) is 24.3 Å². The second-order valence-corrected chi connectivity index (χ2v) is 3.80. The zero-order valence-corrected chi connectivity index (χ0v) is 9.95. The number of rotatable bonds is 4. The van der Waals surface area contributed by atoms with Crippen molar-refractivity contribution < 1.29 is 24.0 Å². The zero-order chi connectivity index (χ0) is 14.7. The first-order chi connectivity index (χ1) is 9.47. The molecule has 0 heterocycles. The largest absolute Gasteiger partial charge is 0.477 e. The van der Waals surface area contributed by atoms with Gasteiger partial charge in [-0.05, 0) is 24.3 Å². The van der Waals surface area contributed by atoms with E-state index in [9.17, 15) is 19.3 Å². The Hall–Kier alpha value is -2.96. The van der Waals surface area contributed by atoms with Crippen LogP contribution in [0.3, 0.4) is 0 Å². The van der Waals surface area contributed by atoms with Gasteiger partial charge in [0.2, 0.25) is 0 Å². The molecule has 2 aromatic carbocycles. The minimum atomic E-state index is -1.41. The van der Waals surface area contributed by atoms with Gasteiger partial charge < -0.3 is 9.84 Å². The molecular weight excluding hydrogens is 269 g/mol. The fourth-order valence-electron chi connectivity index (χ4n) is 1.57. The second kappa shape index (κ2) is 5.35. The molecule has 0 saturated heterocycles. The predicted molar refractivity (Wildman–Crippen MR) is 66.5 cm³/mol. The Morgan fingerprint density at radius 3 is 2.50 bits per heavy atom. The van der Waals surface area contributed by atoms with Gasteiger partial charge in [0.25, 0.3) is 5.69 Å². The number of hydrogen-bond donors (Lipinski definition) is 1. The maximum atomic E-state index is 13.0. The molecule has 0 spiro atoms. The van der Waals surface area contributed by atoms with Gasteiger partial charge in [0, 0.05) is 6.07 Å². The number of ether oxygens (including phenoxy) is 1. The van der Waals surface area contributed by atoms with Crippen LogP contribution in [0.15, 0.2) is 42.5 Å². The fourth-order valence-corrected chi connectivity index (χ4v) is 1.57. The molecular formula is C13H8FNO5. The van der Waals surface area contributed by atoms with Gasteiger partial charge in [-0.15, -0.1) is 0 Å². The summed E-state index contributed by atoms with van der Waals surface area (Å²) in [4.78, 5) is 20.8. The minimum absolute atomic E-state index is 0.0484. The number of carboxylic acids is 1. The van der Waals surface area contributed by atoms with Gasteiger partial charge in [-0.1, -0.05) is 6.07 Å². The van der Waals surface area contributed by atoms with Gasteiger partial charge in [0.15, 0.2) is 0 Å². The van der Waals surface area contributed by atoms with Crippen molar-refractivity contribution in [3.05, 3.63) is 64.0 Å². The van der Waals surface area contributed by atoms with Crippen molar-refractivity contribution in [2.24, 2.45) is 0 Å². The average molecular weight is 277 g/mol. The van der Waals surface area contributed by atoms with Crippen LogP contribution in [-0.2, 0) is 0 Å². The lowest BCUT2D eigenvalue weighted by atomic mass is 10.1. The normalized spacial score (nSPS) is 10.1. The third kappa shape index (κ3) is 2.89. The highest BCUT2D eigenvalue weighted by molar-refractivity contribution is 5.92. The molecule has 0 saturated carbocycles. The quantitative estimate of drug-likeness (QED) is 0.684. The molecule has 0 amide bonds. The molecule has 20 heavy (non-hydrogen) atoms. The van der Waals surface area contributed by atoms with E-state index < -0.39 is 28.0 Å².